The van der Waals surface area contributed by atoms with Crippen molar-refractivity contribution in [1.82, 2.24) is 0 Å². The highest BCUT2D eigenvalue weighted by molar-refractivity contribution is 7.95. The Bertz CT molecular complexity index is 722. The molecular weight excluding hydrogens is 268 g/mol. The van der Waals surface area contributed by atoms with Crippen molar-refractivity contribution < 1.29 is 13.2 Å². The zero-order valence-electron chi connectivity index (χ0n) is 9.58. The Morgan fingerprint density at radius 1 is 1.11 bits per heavy atom. The molecule has 0 aliphatic carbocycles. The molecule has 0 unspecified atom stereocenters. The molecule has 1 aliphatic heterocycles. The fourth-order valence-electron chi connectivity index (χ4n) is 1.96. The minimum absolute atomic E-state index is 0.415. The van der Waals surface area contributed by atoms with Crippen LogP contribution >= 0.6 is 11.3 Å². The number of hydrogen-bond acceptors (Lipinski definition) is 4. The number of ether oxygens (including phenoxy) is 1. The molecule has 18 heavy (non-hydrogen) atoms. The van der Waals surface area contributed by atoms with Crippen LogP contribution in [0.5, 0.6) is 5.75 Å². The number of hydrogen-bond donors (Lipinski definition) is 0. The van der Waals surface area contributed by atoms with Crippen LogP contribution in [-0.4, -0.2) is 15.5 Å². The van der Waals surface area contributed by atoms with E-state index >= 15 is 0 Å². The molecule has 0 saturated carbocycles. The summed E-state index contributed by atoms with van der Waals surface area (Å²) in [5, 5.41) is 3.15. The molecule has 0 N–H and O–H groups in total. The Morgan fingerprint density at radius 2 is 1.83 bits per heavy atom. The summed E-state index contributed by atoms with van der Waals surface area (Å²) in [6.45, 7) is 0. The Morgan fingerprint density at radius 3 is 2.50 bits per heavy atom. The van der Waals surface area contributed by atoms with Gasteiger partial charge in [0.15, 0.2) is 0 Å². The van der Waals surface area contributed by atoms with Crippen LogP contribution < -0.4 is 4.74 Å². The summed E-state index contributed by atoms with van der Waals surface area (Å²) in [5.41, 5.74) is 1.66. The minimum Gasteiger partial charge on any atom is -0.497 e. The van der Waals surface area contributed by atoms with Crippen molar-refractivity contribution in [2.75, 3.05) is 7.11 Å². The van der Waals surface area contributed by atoms with Crippen LogP contribution in [0.1, 0.15) is 10.4 Å². The van der Waals surface area contributed by atoms with E-state index in [9.17, 15) is 8.42 Å². The van der Waals surface area contributed by atoms with E-state index in [-0.39, 0.29) is 0 Å². The lowest BCUT2D eigenvalue weighted by Crippen LogP contribution is -1.88. The van der Waals surface area contributed by atoms with Gasteiger partial charge in [-0.25, -0.2) is 8.42 Å². The van der Waals surface area contributed by atoms with Gasteiger partial charge in [0.1, 0.15) is 5.75 Å². The van der Waals surface area contributed by atoms with Gasteiger partial charge in [0.05, 0.1) is 16.9 Å². The van der Waals surface area contributed by atoms with Crippen LogP contribution in [0.3, 0.4) is 0 Å². The van der Waals surface area contributed by atoms with Crippen molar-refractivity contribution in [3.8, 4) is 5.75 Å². The molecule has 3 rings (SSSR count). The first-order valence-corrected chi connectivity index (χ1v) is 7.73. The van der Waals surface area contributed by atoms with Crippen molar-refractivity contribution in [2.24, 2.45) is 0 Å². The summed E-state index contributed by atoms with van der Waals surface area (Å²) >= 11 is 1.45. The molecule has 5 heteroatoms. The van der Waals surface area contributed by atoms with Gasteiger partial charge in [0.2, 0.25) is 9.84 Å². The van der Waals surface area contributed by atoms with Crippen LogP contribution in [0.25, 0.3) is 5.57 Å². The van der Waals surface area contributed by atoms with Gasteiger partial charge < -0.3 is 4.74 Å². The second kappa shape index (κ2) is 3.96. The number of methoxy groups -OCH3 is 1. The molecule has 1 aromatic heterocycles. The first-order chi connectivity index (χ1) is 8.62. The minimum atomic E-state index is -3.26. The quantitative estimate of drug-likeness (QED) is 0.848. The zero-order valence-corrected chi connectivity index (χ0v) is 11.2. The van der Waals surface area contributed by atoms with E-state index in [4.69, 9.17) is 4.74 Å². The molecule has 2 heterocycles. The molecular formula is C13H10O3S2. The highest BCUT2D eigenvalue weighted by Crippen LogP contribution is 2.41. The Balaban J connectivity index is 2.14. The maximum Gasteiger partial charge on any atom is 0.201 e. The second-order valence-corrected chi connectivity index (χ2v) is 6.60. The van der Waals surface area contributed by atoms with E-state index in [1.165, 1.54) is 16.7 Å². The van der Waals surface area contributed by atoms with Crippen LogP contribution in [0, 0.1) is 0 Å². The van der Waals surface area contributed by atoms with E-state index < -0.39 is 9.84 Å². The Labute approximate surface area is 109 Å². The molecule has 1 aromatic carbocycles. The van der Waals surface area contributed by atoms with Gasteiger partial charge in [-0.1, -0.05) is 12.1 Å². The molecule has 0 fully saturated rings. The molecule has 0 atom stereocenters. The molecule has 0 radical (unpaired) electrons. The average Bonchev–Trinajstić information content (AvgIpc) is 2.93. The van der Waals surface area contributed by atoms with Gasteiger partial charge in [-0.05, 0) is 29.1 Å². The van der Waals surface area contributed by atoms with E-state index in [1.54, 1.807) is 18.6 Å². The first kappa shape index (κ1) is 11.5. The van der Waals surface area contributed by atoms with Crippen LogP contribution in [0.2, 0.25) is 0 Å². The number of fused-ring (bicyclic) bond motifs is 1. The van der Waals surface area contributed by atoms with Gasteiger partial charge in [0.25, 0.3) is 0 Å². The Kier molecular flexibility index (Phi) is 2.53. The average molecular weight is 278 g/mol. The maximum atomic E-state index is 11.9. The normalized spacial score (nSPS) is 16.2. The molecule has 0 spiro atoms. The molecule has 92 valence electrons. The van der Waals surface area contributed by atoms with E-state index in [2.05, 4.69) is 0 Å². The fraction of sp³-hybridized carbons (Fsp3) is 0.0769. The Hall–Kier alpha value is -1.59. The van der Waals surface area contributed by atoms with Gasteiger partial charge in [-0.15, -0.1) is 11.3 Å². The van der Waals surface area contributed by atoms with Crippen molar-refractivity contribution in [3.63, 3.8) is 0 Å². The lowest BCUT2D eigenvalue weighted by molar-refractivity contribution is 0.415. The molecule has 1 aliphatic rings. The predicted molar refractivity (Wildman–Crippen MR) is 71.6 cm³/mol. The van der Waals surface area contributed by atoms with Gasteiger partial charge in [-0.2, -0.15) is 0 Å². The third kappa shape index (κ3) is 1.67. The zero-order chi connectivity index (χ0) is 12.8. The van der Waals surface area contributed by atoms with E-state index in [0.29, 0.717) is 4.90 Å². The number of thiophene rings is 1. The number of rotatable bonds is 2. The first-order valence-electron chi connectivity index (χ1n) is 5.31. The van der Waals surface area contributed by atoms with Crippen LogP contribution in [0.15, 0.2) is 46.0 Å². The summed E-state index contributed by atoms with van der Waals surface area (Å²) in [7, 11) is -1.66. The smallest absolute Gasteiger partial charge is 0.201 e. The summed E-state index contributed by atoms with van der Waals surface area (Å²) in [5.74, 6) is 0.756. The van der Waals surface area contributed by atoms with Crippen molar-refractivity contribution >= 4 is 26.7 Å². The lowest BCUT2D eigenvalue weighted by atomic mass is 10.1. The topological polar surface area (TPSA) is 43.4 Å². The second-order valence-electron chi connectivity index (χ2n) is 3.92. The summed E-state index contributed by atoms with van der Waals surface area (Å²) < 4.78 is 28.9. The molecule has 0 amide bonds. The highest BCUT2D eigenvalue weighted by atomic mass is 32.2. The number of benzene rings is 1. The van der Waals surface area contributed by atoms with Gasteiger partial charge in [-0.3, -0.25) is 0 Å². The van der Waals surface area contributed by atoms with Crippen LogP contribution in [0.4, 0.5) is 0 Å². The summed E-state index contributed by atoms with van der Waals surface area (Å²) in [6, 6.07) is 9.05. The third-order valence-corrected chi connectivity index (χ3v) is 5.43. The lowest BCUT2D eigenvalue weighted by Gasteiger charge is -2.03. The largest absolute Gasteiger partial charge is 0.497 e. The standard InChI is InChI=1S/C13H10O3S2/c1-16-10-4-2-9(3-5-10)11-8-18(14,15)12-6-7-17-13(11)12/h2-8H,1H3. The molecule has 3 nitrogen and oxygen atoms in total. The summed E-state index contributed by atoms with van der Waals surface area (Å²) in [6.07, 6.45) is 0. The van der Waals surface area contributed by atoms with Crippen molar-refractivity contribution in [1.29, 1.82) is 0 Å². The van der Waals surface area contributed by atoms with Crippen LogP contribution in [-0.2, 0) is 9.84 Å². The summed E-state index contributed by atoms with van der Waals surface area (Å²) in [4.78, 5) is 1.23. The van der Waals surface area contributed by atoms with E-state index in [0.717, 1.165) is 21.8 Å². The van der Waals surface area contributed by atoms with Crippen molar-refractivity contribution in [3.05, 3.63) is 51.6 Å². The van der Waals surface area contributed by atoms with E-state index in [1.807, 2.05) is 24.3 Å². The highest BCUT2D eigenvalue weighted by Gasteiger charge is 2.28. The predicted octanol–water partition coefficient (Wildman–Crippen LogP) is 2.93. The maximum absolute atomic E-state index is 11.9. The monoisotopic (exact) mass is 278 g/mol. The van der Waals surface area contributed by atoms with Gasteiger partial charge in [0, 0.05) is 11.0 Å². The SMILES string of the molecule is COc1ccc(C2=CS(=O)(=O)c3ccsc32)cc1. The number of sulfone groups is 1. The molecule has 0 saturated heterocycles. The van der Waals surface area contributed by atoms with Crippen molar-refractivity contribution in [2.45, 2.75) is 4.90 Å². The van der Waals surface area contributed by atoms with Gasteiger partial charge >= 0.3 is 0 Å². The molecule has 0 bridgehead atoms. The molecule has 2 aromatic rings. The third-order valence-electron chi connectivity index (χ3n) is 2.85. The fourth-order valence-corrected chi connectivity index (χ4v) is 4.76.